The van der Waals surface area contributed by atoms with E-state index in [1.807, 2.05) is 18.2 Å². The van der Waals surface area contributed by atoms with E-state index >= 15 is 0 Å². The van der Waals surface area contributed by atoms with Gasteiger partial charge in [0.05, 0.1) is 10.0 Å². The first-order valence-electron chi connectivity index (χ1n) is 7.53. The topological polar surface area (TPSA) is 73.4 Å². The van der Waals surface area contributed by atoms with Gasteiger partial charge >= 0.3 is 0 Å². The van der Waals surface area contributed by atoms with E-state index < -0.39 is 5.91 Å². The van der Waals surface area contributed by atoms with Gasteiger partial charge in [0.25, 0.3) is 5.91 Å². The third kappa shape index (κ3) is 6.30. The molecule has 0 bridgehead atoms. The molecule has 0 atom stereocenters. The van der Waals surface area contributed by atoms with Crippen molar-refractivity contribution in [3.63, 3.8) is 0 Å². The second-order valence-corrected chi connectivity index (χ2v) is 7.39. The molecule has 0 saturated carbocycles. The Morgan fingerprint density at radius 1 is 1.12 bits per heavy atom. The molecule has 0 saturated heterocycles. The third-order valence-electron chi connectivity index (χ3n) is 3.33. The first-order valence-corrected chi connectivity index (χ1v) is 9.53. The number of aryl methyl sites for hydroxylation is 1. The maximum Gasteiger partial charge on any atom is 0.273 e. The van der Waals surface area contributed by atoms with Gasteiger partial charge in [-0.1, -0.05) is 46.3 Å². The van der Waals surface area contributed by atoms with E-state index in [1.165, 1.54) is 11.6 Å². The fraction of sp³-hybridized carbons (Fsp3) is 0.176. The van der Waals surface area contributed by atoms with Crippen LogP contribution in [0.15, 0.2) is 51.4 Å². The molecule has 25 heavy (non-hydrogen) atoms. The van der Waals surface area contributed by atoms with Crippen LogP contribution in [0.1, 0.15) is 22.3 Å². The largest absolute Gasteiger partial charge is 0.506 e. The SMILES string of the molecule is O=C(NNC(=S)NCCCc1ccccc1)c1cc(Br)cc(Br)c1O. The second-order valence-electron chi connectivity index (χ2n) is 5.21. The van der Waals surface area contributed by atoms with Crippen molar-refractivity contribution in [2.24, 2.45) is 0 Å². The molecule has 8 heteroatoms. The minimum absolute atomic E-state index is 0.126. The van der Waals surface area contributed by atoms with Gasteiger partial charge in [-0.05, 0) is 58.7 Å². The van der Waals surface area contributed by atoms with Crippen LogP contribution >= 0.6 is 44.1 Å². The summed E-state index contributed by atoms with van der Waals surface area (Å²) in [6.45, 7) is 0.685. The number of hydrogen-bond acceptors (Lipinski definition) is 3. The van der Waals surface area contributed by atoms with E-state index in [1.54, 1.807) is 6.07 Å². The molecule has 0 fully saturated rings. The molecule has 0 aliphatic carbocycles. The van der Waals surface area contributed by atoms with Gasteiger partial charge in [0.15, 0.2) is 5.11 Å². The van der Waals surface area contributed by atoms with Crippen molar-refractivity contribution in [1.29, 1.82) is 0 Å². The van der Waals surface area contributed by atoms with Crippen LogP contribution in [0.4, 0.5) is 0 Å². The number of phenolic OH excluding ortho intramolecular Hbond substituents is 1. The number of halogens is 2. The van der Waals surface area contributed by atoms with Crippen LogP contribution < -0.4 is 16.2 Å². The summed E-state index contributed by atoms with van der Waals surface area (Å²) in [7, 11) is 0. The van der Waals surface area contributed by atoms with E-state index in [0.29, 0.717) is 20.6 Å². The molecule has 132 valence electrons. The van der Waals surface area contributed by atoms with Gasteiger partial charge in [-0.25, -0.2) is 0 Å². The molecular weight excluding hydrogens is 470 g/mol. The normalized spacial score (nSPS) is 10.2. The van der Waals surface area contributed by atoms with Gasteiger partial charge in [0.1, 0.15) is 5.75 Å². The Kier molecular flexibility index (Phi) is 7.67. The first-order chi connectivity index (χ1) is 12.0. The van der Waals surface area contributed by atoms with Crippen molar-refractivity contribution in [2.75, 3.05) is 6.54 Å². The maximum atomic E-state index is 12.1. The summed E-state index contributed by atoms with van der Waals surface area (Å²) in [4.78, 5) is 12.1. The molecule has 0 heterocycles. The Bertz CT molecular complexity index is 757. The molecule has 0 aliphatic rings. The zero-order valence-electron chi connectivity index (χ0n) is 13.2. The average Bonchev–Trinajstić information content (AvgIpc) is 2.60. The molecule has 0 aromatic heterocycles. The predicted octanol–water partition coefficient (Wildman–Crippen LogP) is 3.66. The number of phenols is 1. The van der Waals surface area contributed by atoms with Crippen LogP contribution in [-0.4, -0.2) is 22.7 Å². The van der Waals surface area contributed by atoms with Crippen molar-refractivity contribution >= 4 is 55.1 Å². The number of benzene rings is 2. The van der Waals surface area contributed by atoms with Crippen LogP contribution in [0.25, 0.3) is 0 Å². The second kappa shape index (κ2) is 9.74. The highest BCUT2D eigenvalue weighted by molar-refractivity contribution is 9.11. The number of hydrazine groups is 1. The van der Waals surface area contributed by atoms with Crippen molar-refractivity contribution in [3.8, 4) is 5.75 Å². The Morgan fingerprint density at radius 2 is 1.84 bits per heavy atom. The lowest BCUT2D eigenvalue weighted by Gasteiger charge is -2.13. The average molecular weight is 487 g/mol. The maximum absolute atomic E-state index is 12.1. The Morgan fingerprint density at radius 3 is 2.56 bits per heavy atom. The monoisotopic (exact) mass is 485 g/mol. The van der Waals surface area contributed by atoms with Crippen LogP contribution in [0.5, 0.6) is 5.75 Å². The zero-order chi connectivity index (χ0) is 18.2. The quantitative estimate of drug-likeness (QED) is 0.295. The minimum Gasteiger partial charge on any atom is -0.506 e. The minimum atomic E-state index is -0.493. The number of aromatic hydroxyl groups is 1. The van der Waals surface area contributed by atoms with E-state index in [-0.39, 0.29) is 11.3 Å². The summed E-state index contributed by atoms with van der Waals surface area (Å²) in [6.07, 6.45) is 1.86. The standard InChI is InChI=1S/C17H17Br2N3O2S/c18-12-9-13(15(23)14(19)10-12)16(24)21-22-17(25)20-8-4-7-11-5-2-1-3-6-11/h1-3,5-6,9-10,23H,4,7-8H2,(H,21,24)(H2,20,22,25). The number of amides is 1. The van der Waals surface area contributed by atoms with Gasteiger partial charge in [-0.3, -0.25) is 15.6 Å². The summed E-state index contributed by atoms with van der Waals surface area (Å²) < 4.78 is 1.09. The number of thiocarbonyl (C=S) groups is 1. The number of hydrogen-bond donors (Lipinski definition) is 4. The van der Waals surface area contributed by atoms with E-state index in [0.717, 1.165) is 12.8 Å². The van der Waals surface area contributed by atoms with Crippen molar-refractivity contribution in [1.82, 2.24) is 16.2 Å². The van der Waals surface area contributed by atoms with E-state index in [2.05, 4.69) is 60.2 Å². The highest BCUT2D eigenvalue weighted by Crippen LogP contribution is 2.31. The summed E-state index contributed by atoms with van der Waals surface area (Å²) in [6, 6.07) is 13.4. The molecule has 2 aromatic carbocycles. The van der Waals surface area contributed by atoms with E-state index in [4.69, 9.17) is 12.2 Å². The van der Waals surface area contributed by atoms with Crippen LogP contribution in [0, 0.1) is 0 Å². The molecule has 0 unspecified atom stereocenters. The Balaban J connectivity index is 1.73. The molecule has 0 spiro atoms. The van der Waals surface area contributed by atoms with Gasteiger partial charge in [-0.15, -0.1) is 0 Å². The fourth-order valence-corrected chi connectivity index (χ4v) is 3.48. The van der Waals surface area contributed by atoms with Crippen molar-refractivity contribution in [3.05, 3.63) is 62.5 Å². The molecule has 2 aromatic rings. The smallest absolute Gasteiger partial charge is 0.273 e. The van der Waals surface area contributed by atoms with E-state index in [9.17, 15) is 9.90 Å². The van der Waals surface area contributed by atoms with Gasteiger partial charge in [0.2, 0.25) is 0 Å². The van der Waals surface area contributed by atoms with Gasteiger partial charge < -0.3 is 10.4 Å². The fourth-order valence-electron chi connectivity index (χ4n) is 2.10. The zero-order valence-corrected chi connectivity index (χ0v) is 17.2. The Hall–Kier alpha value is -1.64. The lowest BCUT2D eigenvalue weighted by molar-refractivity contribution is 0.0941. The molecule has 1 amide bonds. The molecule has 0 aliphatic heterocycles. The number of nitrogens with one attached hydrogen (secondary N) is 3. The lowest BCUT2D eigenvalue weighted by Crippen LogP contribution is -2.47. The summed E-state index contributed by atoms with van der Waals surface area (Å²) in [5.41, 5.74) is 6.48. The van der Waals surface area contributed by atoms with Crippen molar-refractivity contribution in [2.45, 2.75) is 12.8 Å². The molecule has 2 rings (SSSR count). The molecule has 5 nitrogen and oxygen atoms in total. The van der Waals surface area contributed by atoms with Crippen LogP contribution in [0.2, 0.25) is 0 Å². The predicted molar refractivity (Wildman–Crippen MR) is 109 cm³/mol. The molecule has 4 N–H and O–H groups in total. The number of rotatable bonds is 5. The summed E-state index contributed by atoms with van der Waals surface area (Å²) in [5.74, 6) is -0.628. The van der Waals surface area contributed by atoms with Crippen molar-refractivity contribution < 1.29 is 9.90 Å². The summed E-state index contributed by atoms with van der Waals surface area (Å²) >= 11 is 11.6. The number of carbonyl (C=O) groups excluding carboxylic acids is 1. The summed E-state index contributed by atoms with van der Waals surface area (Å²) in [5, 5.41) is 13.3. The lowest BCUT2D eigenvalue weighted by atomic mass is 10.1. The molecule has 0 radical (unpaired) electrons. The van der Waals surface area contributed by atoms with Crippen LogP contribution in [-0.2, 0) is 6.42 Å². The first kappa shape index (κ1) is 19.7. The number of carbonyl (C=O) groups is 1. The van der Waals surface area contributed by atoms with Gasteiger partial charge in [0, 0.05) is 11.0 Å². The third-order valence-corrected chi connectivity index (χ3v) is 4.64. The van der Waals surface area contributed by atoms with Gasteiger partial charge in [-0.2, -0.15) is 0 Å². The highest BCUT2D eigenvalue weighted by atomic mass is 79.9. The Labute approximate surface area is 168 Å². The van der Waals surface area contributed by atoms with Crippen LogP contribution in [0.3, 0.4) is 0 Å². The molecular formula is C17H17Br2N3O2S. The highest BCUT2D eigenvalue weighted by Gasteiger charge is 2.15.